The van der Waals surface area contributed by atoms with E-state index in [4.69, 9.17) is 0 Å². The predicted molar refractivity (Wildman–Crippen MR) is 51.8 cm³/mol. The van der Waals surface area contributed by atoms with Crippen molar-refractivity contribution < 1.29 is 0 Å². The Morgan fingerprint density at radius 3 is 2.58 bits per heavy atom. The summed E-state index contributed by atoms with van der Waals surface area (Å²) in [4.78, 5) is 0. The molecule has 0 aliphatic heterocycles. The van der Waals surface area contributed by atoms with Crippen molar-refractivity contribution in [1.82, 2.24) is 4.37 Å². The molecule has 0 spiro atoms. The fraction of sp³-hybridized carbons (Fsp3) is 0. The van der Waals surface area contributed by atoms with Crippen LogP contribution in [-0.2, 0) is 0 Å². The fourth-order valence-electron chi connectivity index (χ4n) is 0.946. The van der Waals surface area contributed by atoms with E-state index >= 15 is 0 Å². The van der Waals surface area contributed by atoms with Gasteiger partial charge in [-0.3, -0.25) is 0 Å². The van der Waals surface area contributed by atoms with Gasteiger partial charge in [0.1, 0.15) is 5.82 Å². The molecule has 12 heavy (non-hydrogen) atoms. The third-order valence-corrected chi connectivity index (χ3v) is 2.04. The van der Waals surface area contributed by atoms with Crippen LogP contribution in [-0.4, -0.2) is 4.37 Å². The van der Waals surface area contributed by atoms with E-state index in [0.29, 0.717) is 0 Å². The topological polar surface area (TPSA) is 24.9 Å². The van der Waals surface area contributed by atoms with Gasteiger partial charge < -0.3 is 5.32 Å². The van der Waals surface area contributed by atoms with Crippen molar-refractivity contribution >= 4 is 23.0 Å². The lowest BCUT2D eigenvalue weighted by molar-refractivity contribution is 1.47. The first kappa shape index (κ1) is 7.31. The normalized spacial score (nSPS) is 9.67. The molecule has 1 heterocycles. The standard InChI is InChI=1S/C9H8N2S/c1-2-4-8(5-3-1)10-9-6-7-12-11-9/h1-7H,(H,10,11). The van der Waals surface area contributed by atoms with E-state index in [2.05, 4.69) is 9.69 Å². The Morgan fingerprint density at radius 1 is 1.08 bits per heavy atom. The molecular formula is C9H8N2S. The van der Waals surface area contributed by atoms with Gasteiger partial charge in [0.05, 0.1) is 0 Å². The van der Waals surface area contributed by atoms with E-state index in [1.807, 2.05) is 41.8 Å². The van der Waals surface area contributed by atoms with Crippen molar-refractivity contribution in [2.45, 2.75) is 0 Å². The summed E-state index contributed by atoms with van der Waals surface area (Å²) in [6, 6.07) is 12.0. The van der Waals surface area contributed by atoms with Crippen LogP contribution in [0.25, 0.3) is 0 Å². The van der Waals surface area contributed by atoms with Crippen LogP contribution < -0.4 is 5.32 Å². The second-order valence-electron chi connectivity index (χ2n) is 2.38. The smallest absolute Gasteiger partial charge is 0.143 e. The molecule has 0 aliphatic carbocycles. The summed E-state index contributed by atoms with van der Waals surface area (Å²) in [5.41, 5.74) is 1.07. The van der Waals surface area contributed by atoms with Crippen LogP contribution in [0.1, 0.15) is 0 Å². The van der Waals surface area contributed by atoms with Gasteiger partial charge in [0.25, 0.3) is 0 Å². The molecule has 3 heteroatoms. The van der Waals surface area contributed by atoms with Gasteiger partial charge in [-0.05, 0) is 29.7 Å². The van der Waals surface area contributed by atoms with E-state index in [0.717, 1.165) is 11.5 Å². The molecule has 1 N–H and O–H groups in total. The number of aromatic nitrogens is 1. The minimum atomic E-state index is 0.909. The van der Waals surface area contributed by atoms with Gasteiger partial charge >= 0.3 is 0 Å². The van der Waals surface area contributed by atoms with Crippen molar-refractivity contribution in [3.05, 3.63) is 41.8 Å². The zero-order valence-electron chi connectivity index (χ0n) is 6.40. The number of benzene rings is 1. The van der Waals surface area contributed by atoms with E-state index in [1.54, 1.807) is 0 Å². The lowest BCUT2D eigenvalue weighted by Crippen LogP contribution is -1.87. The average Bonchev–Trinajstić information content (AvgIpc) is 2.59. The van der Waals surface area contributed by atoms with Crippen molar-refractivity contribution in [2.24, 2.45) is 0 Å². The molecule has 2 rings (SSSR count). The largest absolute Gasteiger partial charge is 0.339 e. The van der Waals surface area contributed by atoms with Gasteiger partial charge in [0, 0.05) is 11.1 Å². The van der Waals surface area contributed by atoms with E-state index in [1.165, 1.54) is 11.5 Å². The molecule has 0 fully saturated rings. The Bertz CT molecular complexity index is 329. The number of rotatable bonds is 2. The summed E-state index contributed by atoms with van der Waals surface area (Å²) in [6.07, 6.45) is 0. The van der Waals surface area contributed by atoms with Crippen molar-refractivity contribution in [2.75, 3.05) is 5.32 Å². The molecule has 0 atom stereocenters. The van der Waals surface area contributed by atoms with E-state index < -0.39 is 0 Å². The van der Waals surface area contributed by atoms with Crippen LogP contribution in [0.5, 0.6) is 0 Å². The quantitative estimate of drug-likeness (QED) is 0.761. The second kappa shape index (κ2) is 3.36. The summed E-state index contributed by atoms with van der Waals surface area (Å²) in [5.74, 6) is 0.909. The van der Waals surface area contributed by atoms with Gasteiger partial charge in [-0.15, -0.1) is 0 Å². The highest BCUT2D eigenvalue weighted by molar-refractivity contribution is 7.03. The number of hydrogen-bond donors (Lipinski definition) is 1. The third-order valence-electron chi connectivity index (χ3n) is 1.48. The van der Waals surface area contributed by atoms with E-state index in [9.17, 15) is 0 Å². The molecule has 0 bridgehead atoms. The van der Waals surface area contributed by atoms with E-state index in [-0.39, 0.29) is 0 Å². The van der Waals surface area contributed by atoms with Crippen LogP contribution >= 0.6 is 11.5 Å². The first-order chi connectivity index (χ1) is 5.95. The Hall–Kier alpha value is -1.35. The number of para-hydroxylation sites is 1. The van der Waals surface area contributed by atoms with Gasteiger partial charge in [-0.1, -0.05) is 18.2 Å². The second-order valence-corrected chi connectivity index (χ2v) is 3.04. The highest BCUT2D eigenvalue weighted by Crippen LogP contribution is 2.14. The third kappa shape index (κ3) is 1.62. The van der Waals surface area contributed by atoms with Crippen molar-refractivity contribution in [1.29, 1.82) is 0 Å². The number of nitrogens with zero attached hydrogens (tertiary/aromatic N) is 1. The molecule has 2 nitrogen and oxygen atoms in total. The average molecular weight is 176 g/mol. The fourth-order valence-corrected chi connectivity index (χ4v) is 1.42. The van der Waals surface area contributed by atoms with Crippen LogP contribution in [0.4, 0.5) is 11.5 Å². The minimum absolute atomic E-state index is 0.909. The molecular weight excluding hydrogens is 168 g/mol. The van der Waals surface area contributed by atoms with Gasteiger partial charge in [-0.25, -0.2) is 0 Å². The molecule has 0 saturated carbocycles. The summed E-state index contributed by atoms with van der Waals surface area (Å²) < 4.78 is 4.14. The highest BCUT2D eigenvalue weighted by Gasteiger charge is 1.92. The molecule has 1 aromatic heterocycles. The van der Waals surface area contributed by atoms with Crippen LogP contribution in [0.3, 0.4) is 0 Å². The Kier molecular flexibility index (Phi) is 2.05. The zero-order chi connectivity index (χ0) is 8.23. The Labute approximate surface area is 75.0 Å². The number of anilines is 2. The minimum Gasteiger partial charge on any atom is -0.339 e. The summed E-state index contributed by atoms with van der Waals surface area (Å²) in [7, 11) is 0. The molecule has 0 radical (unpaired) electrons. The SMILES string of the molecule is c1ccc(Nc2ccsn2)cc1. The molecule has 1 aromatic carbocycles. The molecule has 2 aromatic rings. The predicted octanol–water partition coefficient (Wildman–Crippen LogP) is 2.89. The lowest BCUT2D eigenvalue weighted by atomic mass is 10.3. The maximum absolute atomic E-state index is 4.14. The molecule has 0 saturated heterocycles. The Morgan fingerprint density at radius 2 is 1.92 bits per heavy atom. The summed E-state index contributed by atoms with van der Waals surface area (Å²) >= 11 is 1.45. The van der Waals surface area contributed by atoms with Gasteiger partial charge in [0.2, 0.25) is 0 Å². The van der Waals surface area contributed by atoms with Crippen LogP contribution in [0, 0.1) is 0 Å². The van der Waals surface area contributed by atoms with Gasteiger partial charge in [0.15, 0.2) is 0 Å². The number of hydrogen-bond acceptors (Lipinski definition) is 3. The highest BCUT2D eigenvalue weighted by atomic mass is 32.1. The molecule has 0 unspecified atom stereocenters. The zero-order valence-corrected chi connectivity index (χ0v) is 7.21. The maximum Gasteiger partial charge on any atom is 0.143 e. The summed E-state index contributed by atoms with van der Waals surface area (Å²) in [6.45, 7) is 0. The van der Waals surface area contributed by atoms with Gasteiger partial charge in [-0.2, -0.15) is 4.37 Å². The maximum atomic E-state index is 4.14. The Balaban J connectivity index is 2.15. The first-order valence-corrected chi connectivity index (χ1v) is 4.51. The molecule has 60 valence electrons. The lowest BCUT2D eigenvalue weighted by Gasteiger charge is -2.00. The summed E-state index contributed by atoms with van der Waals surface area (Å²) in [5, 5.41) is 5.13. The van der Waals surface area contributed by atoms with Crippen LogP contribution in [0.2, 0.25) is 0 Å². The molecule has 0 aliphatic rings. The number of nitrogens with one attached hydrogen (secondary N) is 1. The first-order valence-electron chi connectivity index (χ1n) is 3.67. The van der Waals surface area contributed by atoms with Crippen molar-refractivity contribution in [3.63, 3.8) is 0 Å². The van der Waals surface area contributed by atoms with Crippen LogP contribution in [0.15, 0.2) is 41.8 Å². The molecule has 0 amide bonds. The van der Waals surface area contributed by atoms with Crippen molar-refractivity contribution in [3.8, 4) is 0 Å². The monoisotopic (exact) mass is 176 g/mol.